The van der Waals surface area contributed by atoms with Gasteiger partial charge in [0.15, 0.2) is 0 Å². The van der Waals surface area contributed by atoms with Gasteiger partial charge >= 0.3 is 0 Å². The fourth-order valence-electron chi connectivity index (χ4n) is 5.32. The summed E-state index contributed by atoms with van der Waals surface area (Å²) in [7, 11) is 0. The van der Waals surface area contributed by atoms with E-state index >= 15 is 0 Å². The van der Waals surface area contributed by atoms with Gasteiger partial charge in [0.2, 0.25) is 0 Å². The standard InChI is InChI=1S/C26H38N4O2.2ClH/c1-18(2)30-24-6-4-5-19(3)22(24)15-23(26(30)32)25(31)28-16-20-9-13-29(14-10-20)17-21-7-11-27-12-8-21;;/h4-6,15,18,20-21,27H,7-14,16-17H2,1-3H3,(H,28,31);2*1H. The zero-order valence-electron chi connectivity index (χ0n) is 20.6. The lowest BCUT2D eigenvalue weighted by Crippen LogP contribution is -2.43. The molecule has 4 rings (SSSR count). The highest BCUT2D eigenvalue weighted by Crippen LogP contribution is 2.22. The van der Waals surface area contributed by atoms with E-state index < -0.39 is 0 Å². The van der Waals surface area contributed by atoms with Crippen LogP contribution in [0.3, 0.4) is 0 Å². The van der Waals surface area contributed by atoms with Crippen molar-refractivity contribution in [3.63, 3.8) is 0 Å². The number of piperidine rings is 2. The molecule has 0 unspecified atom stereocenters. The van der Waals surface area contributed by atoms with Crippen LogP contribution in [-0.4, -0.2) is 54.6 Å². The lowest BCUT2D eigenvalue weighted by atomic mass is 9.93. The molecule has 1 aromatic carbocycles. The molecular weight excluding hydrogens is 471 g/mol. The van der Waals surface area contributed by atoms with E-state index in [0.717, 1.165) is 61.4 Å². The van der Waals surface area contributed by atoms with Gasteiger partial charge in [-0.05, 0) is 102 Å². The summed E-state index contributed by atoms with van der Waals surface area (Å²) >= 11 is 0. The molecule has 2 fully saturated rings. The SMILES string of the molecule is Cc1cccc2c1cc(C(=O)NCC1CCN(CC3CCNCC3)CC1)c(=O)n2C(C)C.Cl.Cl. The van der Waals surface area contributed by atoms with Crippen LogP contribution in [0.25, 0.3) is 10.9 Å². The summed E-state index contributed by atoms with van der Waals surface area (Å²) in [5, 5.41) is 7.49. The maximum absolute atomic E-state index is 13.2. The predicted octanol–water partition coefficient (Wildman–Crippen LogP) is 4.18. The highest BCUT2D eigenvalue weighted by atomic mass is 35.5. The number of halogens is 2. The van der Waals surface area contributed by atoms with Gasteiger partial charge in [0, 0.05) is 24.5 Å². The van der Waals surface area contributed by atoms with Crippen molar-refractivity contribution < 1.29 is 4.79 Å². The first-order valence-electron chi connectivity index (χ1n) is 12.3. The third-order valence-electron chi connectivity index (χ3n) is 7.29. The molecule has 190 valence electrons. The fourth-order valence-corrected chi connectivity index (χ4v) is 5.32. The van der Waals surface area contributed by atoms with E-state index in [2.05, 4.69) is 15.5 Å². The normalized spacial score (nSPS) is 17.9. The number of nitrogens with zero attached hydrogens (tertiary/aromatic N) is 2. The Morgan fingerprint density at radius 2 is 1.76 bits per heavy atom. The van der Waals surface area contributed by atoms with Gasteiger partial charge < -0.3 is 20.1 Å². The molecule has 0 bridgehead atoms. The molecular formula is C26H40Cl2N4O2. The summed E-state index contributed by atoms with van der Waals surface area (Å²) in [5.74, 6) is 1.07. The smallest absolute Gasteiger partial charge is 0.264 e. The van der Waals surface area contributed by atoms with Gasteiger partial charge in [0.1, 0.15) is 5.56 Å². The van der Waals surface area contributed by atoms with Gasteiger partial charge in [0.25, 0.3) is 11.5 Å². The minimum absolute atomic E-state index is 0. The molecule has 6 nitrogen and oxygen atoms in total. The van der Waals surface area contributed by atoms with Crippen LogP contribution in [0.2, 0.25) is 0 Å². The second-order valence-corrected chi connectivity index (χ2v) is 9.98. The van der Waals surface area contributed by atoms with Crippen molar-refractivity contribution in [3.05, 3.63) is 45.7 Å². The predicted molar refractivity (Wildman–Crippen MR) is 145 cm³/mol. The second kappa shape index (κ2) is 12.9. The lowest BCUT2D eigenvalue weighted by molar-refractivity contribution is 0.0929. The number of fused-ring (bicyclic) bond motifs is 1. The van der Waals surface area contributed by atoms with Crippen LogP contribution in [0.5, 0.6) is 0 Å². The van der Waals surface area contributed by atoms with E-state index in [9.17, 15) is 9.59 Å². The third kappa shape index (κ3) is 6.54. The molecule has 3 heterocycles. The van der Waals surface area contributed by atoms with Gasteiger partial charge in [-0.2, -0.15) is 0 Å². The van der Waals surface area contributed by atoms with Crippen LogP contribution in [0, 0.1) is 18.8 Å². The first kappa shape index (κ1) is 28.6. The minimum atomic E-state index is -0.244. The number of nitrogens with one attached hydrogen (secondary N) is 2. The summed E-state index contributed by atoms with van der Waals surface area (Å²) in [6, 6.07) is 7.72. The number of carbonyl (C=O) groups is 1. The van der Waals surface area contributed by atoms with Crippen molar-refractivity contribution in [1.29, 1.82) is 0 Å². The monoisotopic (exact) mass is 510 g/mol. The number of pyridine rings is 1. The summed E-state index contributed by atoms with van der Waals surface area (Å²) in [6.45, 7) is 12.4. The van der Waals surface area contributed by atoms with E-state index in [4.69, 9.17) is 0 Å². The molecule has 0 spiro atoms. The van der Waals surface area contributed by atoms with Gasteiger partial charge in [-0.25, -0.2) is 0 Å². The van der Waals surface area contributed by atoms with Crippen molar-refractivity contribution >= 4 is 41.6 Å². The minimum Gasteiger partial charge on any atom is -0.352 e. The second-order valence-electron chi connectivity index (χ2n) is 9.98. The average molecular weight is 512 g/mol. The zero-order valence-corrected chi connectivity index (χ0v) is 22.3. The Balaban J connectivity index is 0.00000204. The van der Waals surface area contributed by atoms with Crippen molar-refractivity contribution in [2.24, 2.45) is 11.8 Å². The first-order valence-corrected chi connectivity index (χ1v) is 12.3. The van der Waals surface area contributed by atoms with Crippen molar-refractivity contribution in [3.8, 4) is 0 Å². The zero-order chi connectivity index (χ0) is 22.7. The number of carbonyl (C=O) groups excluding carboxylic acids is 1. The Labute approximate surface area is 215 Å². The molecule has 34 heavy (non-hydrogen) atoms. The Morgan fingerprint density at radius 3 is 2.41 bits per heavy atom. The highest BCUT2D eigenvalue weighted by Gasteiger charge is 2.24. The Kier molecular flexibility index (Phi) is 10.9. The van der Waals surface area contributed by atoms with Gasteiger partial charge in [-0.15, -0.1) is 24.8 Å². The topological polar surface area (TPSA) is 66.4 Å². The molecule has 1 amide bonds. The number of rotatable bonds is 6. The molecule has 2 aliphatic rings. The average Bonchev–Trinajstić information content (AvgIpc) is 2.78. The number of hydrogen-bond donors (Lipinski definition) is 2. The molecule has 0 aliphatic carbocycles. The van der Waals surface area contributed by atoms with Gasteiger partial charge in [0.05, 0.1) is 5.52 Å². The van der Waals surface area contributed by atoms with Crippen LogP contribution < -0.4 is 16.2 Å². The van der Waals surface area contributed by atoms with Crippen LogP contribution >= 0.6 is 24.8 Å². The Bertz CT molecular complexity index is 1010. The Hall–Kier alpha value is -1.60. The molecule has 2 aliphatic heterocycles. The summed E-state index contributed by atoms with van der Waals surface area (Å²) < 4.78 is 1.75. The lowest BCUT2D eigenvalue weighted by Gasteiger charge is -2.35. The molecule has 2 saturated heterocycles. The molecule has 0 radical (unpaired) electrons. The number of benzene rings is 1. The van der Waals surface area contributed by atoms with Crippen LogP contribution in [-0.2, 0) is 0 Å². The van der Waals surface area contributed by atoms with E-state index in [0.29, 0.717) is 12.5 Å². The largest absolute Gasteiger partial charge is 0.352 e. The molecule has 0 atom stereocenters. The highest BCUT2D eigenvalue weighted by molar-refractivity contribution is 5.98. The van der Waals surface area contributed by atoms with E-state index in [-0.39, 0.29) is 47.9 Å². The van der Waals surface area contributed by atoms with Gasteiger partial charge in [-0.1, -0.05) is 12.1 Å². The number of likely N-dealkylation sites (tertiary alicyclic amines) is 1. The van der Waals surface area contributed by atoms with Crippen LogP contribution in [0.15, 0.2) is 29.1 Å². The van der Waals surface area contributed by atoms with E-state index in [1.165, 1.54) is 19.4 Å². The number of hydrogen-bond acceptors (Lipinski definition) is 4. The quantitative estimate of drug-likeness (QED) is 0.611. The van der Waals surface area contributed by atoms with Gasteiger partial charge in [-0.3, -0.25) is 9.59 Å². The summed E-state index contributed by atoms with van der Waals surface area (Å²) in [4.78, 5) is 28.8. The van der Waals surface area contributed by atoms with Crippen molar-refractivity contribution in [2.45, 2.75) is 52.5 Å². The molecule has 2 aromatic rings. The molecule has 0 saturated carbocycles. The number of aryl methyl sites for hydroxylation is 1. The van der Waals surface area contributed by atoms with Crippen LogP contribution in [0.1, 0.15) is 61.5 Å². The van der Waals surface area contributed by atoms with E-state index in [1.54, 1.807) is 10.6 Å². The van der Waals surface area contributed by atoms with Crippen molar-refractivity contribution in [2.75, 3.05) is 39.3 Å². The Morgan fingerprint density at radius 1 is 1.09 bits per heavy atom. The fraction of sp³-hybridized carbons (Fsp3) is 0.615. The van der Waals surface area contributed by atoms with Crippen LogP contribution in [0.4, 0.5) is 0 Å². The number of aromatic nitrogens is 1. The first-order chi connectivity index (χ1) is 15.4. The number of amides is 1. The maximum atomic E-state index is 13.2. The molecule has 1 aromatic heterocycles. The summed E-state index contributed by atoms with van der Waals surface area (Å²) in [5.41, 5.74) is 2.02. The molecule has 2 N–H and O–H groups in total. The molecule has 8 heteroatoms. The summed E-state index contributed by atoms with van der Waals surface area (Å²) in [6.07, 6.45) is 4.79. The maximum Gasteiger partial charge on any atom is 0.264 e. The van der Waals surface area contributed by atoms with Crippen molar-refractivity contribution in [1.82, 2.24) is 20.1 Å². The van der Waals surface area contributed by atoms with E-state index in [1.807, 2.05) is 39.0 Å². The third-order valence-corrected chi connectivity index (χ3v) is 7.29.